The molecule has 1 saturated heterocycles. The molecule has 31 heavy (non-hydrogen) atoms. The van der Waals surface area contributed by atoms with Crippen molar-refractivity contribution in [3.05, 3.63) is 62.7 Å². The van der Waals surface area contributed by atoms with Gasteiger partial charge in [0.15, 0.2) is 0 Å². The second kappa shape index (κ2) is 7.43. The van der Waals surface area contributed by atoms with Gasteiger partial charge in [0.2, 0.25) is 0 Å². The zero-order valence-electron chi connectivity index (χ0n) is 17.2. The summed E-state index contributed by atoms with van der Waals surface area (Å²) in [7, 11) is 0. The number of aromatic amines is 1. The molecule has 1 unspecified atom stereocenters. The smallest absolute Gasteiger partial charge is 0.275 e. The monoisotopic (exact) mass is 432 g/mol. The number of rotatable bonds is 3. The van der Waals surface area contributed by atoms with Crippen LogP contribution < -0.4 is 16.4 Å². The van der Waals surface area contributed by atoms with Crippen LogP contribution in [0.2, 0.25) is 0 Å². The van der Waals surface area contributed by atoms with Crippen molar-refractivity contribution in [3.8, 4) is 11.3 Å². The highest BCUT2D eigenvalue weighted by molar-refractivity contribution is 7.14. The molecule has 1 aliphatic heterocycles. The second-order valence-electron chi connectivity index (χ2n) is 8.72. The first-order chi connectivity index (χ1) is 15.2. The Labute approximate surface area is 183 Å². The van der Waals surface area contributed by atoms with E-state index in [1.807, 2.05) is 28.2 Å². The maximum absolute atomic E-state index is 13.0. The SMILES string of the molecule is O=c1[nH]c2cc(C3CCNC3)ccc2nc1-c1cccc2c(=O)n(C3CCCC3)sc12. The Morgan fingerprint density at radius 1 is 1.06 bits per heavy atom. The molecule has 1 aliphatic carbocycles. The van der Waals surface area contributed by atoms with Crippen molar-refractivity contribution >= 4 is 32.7 Å². The first-order valence-electron chi connectivity index (χ1n) is 11.1. The third-order valence-corrected chi connectivity index (χ3v) is 8.08. The standard InChI is InChI=1S/C24H24N4O2S/c29-23-21(26-19-9-8-14(12-20(19)27-23)15-10-11-25-13-15)17-6-3-7-18-22(17)31-28(24(18)30)16-4-1-2-5-16/h3,6-9,12,15-16,25H,1-2,4-5,10-11,13H2,(H,27,29). The number of hydrogen-bond acceptors (Lipinski definition) is 5. The number of H-pyrrole nitrogens is 1. The minimum Gasteiger partial charge on any atom is -0.319 e. The van der Waals surface area contributed by atoms with Crippen molar-refractivity contribution in [2.45, 2.75) is 44.1 Å². The molecule has 2 aromatic carbocycles. The Bertz CT molecular complexity index is 1400. The minimum absolute atomic E-state index is 0.0563. The summed E-state index contributed by atoms with van der Waals surface area (Å²) in [5, 5.41) is 4.07. The van der Waals surface area contributed by atoms with E-state index in [4.69, 9.17) is 4.98 Å². The summed E-state index contributed by atoms with van der Waals surface area (Å²) in [5.41, 5.74) is 3.73. The molecule has 6 nitrogen and oxygen atoms in total. The maximum atomic E-state index is 13.0. The van der Waals surface area contributed by atoms with Crippen LogP contribution in [0.1, 0.15) is 49.6 Å². The van der Waals surface area contributed by atoms with E-state index < -0.39 is 0 Å². The number of nitrogens with zero attached hydrogens (tertiary/aromatic N) is 2. The molecular formula is C24H24N4O2S. The molecule has 7 heteroatoms. The zero-order valence-corrected chi connectivity index (χ0v) is 18.0. The van der Waals surface area contributed by atoms with E-state index in [-0.39, 0.29) is 17.2 Å². The van der Waals surface area contributed by atoms with Crippen LogP contribution in [0.3, 0.4) is 0 Å². The molecule has 0 bridgehead atoms. The second-order valence-corrected chi connectivity index (χ2v) is 9.71. The van der Waals surface area contributed by atoms with Gasteiger partial charge in [-0.15, -0.1) is 0 Å². The lowest BCUT2D eigenvalue weighted by atomic mass is 9.98. The molecule has 1 saturated carbocycles. The largest absolute Gasteiger partial charge is 0.319 e. The van der Waals surface area contributed by atoms with Gasteiger partial charge in [-0.05, 0) is 55.5 Å². The molecule has 0 spiro atoms. The highest BCUT2D eigenvalue weighted by atomic mass is 32.1. The summed E-state index contributed by atoms with van der Waals surface area (Å²) in [4.78, 5) is 33.8. The van der Waals surface area contributed by atoms with Crippen LogP contribution in [0.4, 0.5) is 0 Å². The van der Waals surface area contributed by atoms with Crippen LogP contribution in [0.15, 0.2) is 46.0 Å². The van der Waals surface area contributed by atoms with Gasteiger partial charge in [-0.2, -0.15) is 0 Å². The molecule has 158 valence electrons. The molecule has 0 amide bonds. The van der Waals surface area contributed by atoms with E-state index in [9.17, 15) is 9.59 Å². The molecular weight excluding hydrogens is 408 g/mol. The summed E-state index contributed by atoms with van der Waals surface area (Å²) in [6.45, 7) is 2.00. The Morgan fingerprint density at radius 2 is 1.94 bits per heavy atom. The van der Waals surface area contributed by atoms with Gasteiger partial charge in [-0.25, -0.2) is 4.98 Å². The van der Waals surface area contributed by atoms with Crippen LogP contribution in [-0.2, 0) is 0 Å². The van der Waals surface area contributed by atoms with Crippen molar-refractivity contribution in [3.63, 3.8) is 0 Å². The normalized spacial score (nSPS) is 19.7. The number of benzene rings is 2. The van der Waals surface area contributed by atoms with Crippen molar-refractivity contribution in [1.29, 1.82) is 0 Å². The van der Waals surface area contributed by atoms with Gasteiger partial charge < -0.3 is 10.3 Å². The molecule has 6 rings (SSSR count). The lowest BCUT2D eigenvalue weighted by Gasteiger charge is -2.10. The van der Waals surface area contributed by atoms with Crippen molar-refractivity contribution in [2.24, 2.45) is 0 Å². The van der Waals surface area contributed by atoms with Crippen LogP contribution in [0.25, 0.3) is 32.4 Å². The van der Waals surface area contributed by atoms with E-state index >= 15 is 0 Å². The Morgan fingerprint density at radius 3 is 2.74 bits per heavy atom. The van der Waals surface area contributed by atoms with Gasteiger partial charge in [-0.1, -0.05) is 42.6 Å². The Balaban J connectivity index is 1.49. The van der Waals surface area contributed by atoms with E-state index in [0.717, 1.165) is 53.6 Å². The summed E-state index contributed by atoms with van der Waals surface area (Å²) in [5.74, 6) is 0.481. The van der Waals surface area contributed by atoms with Gasteiger partial charge in [0, 0.05) is 18.2 Å². The molecule has 2 fully saturated rings. The maximum Gasteiger partial charge on any atom is 0.275 e. The predicted octanol–water partition coefficient (Wildman–Crippen LogP) is 4.16. The quantitative estimate of drug-likeness (QED) is 0.510. The average Bonchev–Trinajstić information content (AvgIpc) is 3.55. The highest BCUT2D eigenvalue weighted by Gasteiger charge is 2.23. The van der Waals surface area contributed by atoms with Gasteiger partial charge in [0.1, 0.15) is 5.69 Å². The summed E-state index contributed by atoms with van der Waals surface area (Å²) in [6.07, 6.45) is 5.55. The summed E-state index contributed by atoms with van der Waals surface area (Å²) < 4.78 is 2.77. The number of aromatic nitrogens is 3. The molecule has 2 aromatic heterocycles. The molecule has 1 atom stereocenters. The van der Waals surface area contributed by atoms with Gasteiger partial charge in [0.05, 0.1) is 21.1 Å². The molecule has 3 heterocycles. The van der Waals surface area contributed by atoms with Crippen molar-refractivity contribution < 1.29 is 0 Å². The fourth-order valence-corrected chi connectivity index (χ4v) is 6.36. The third kappa shape index (κ3) is 3.15. The Kier molecular flexibility index (Phi) is 4.54. The Hall–Kier alpha value is -2.77. The molecule has 0 radical (unpaired) electrons. The molecule has 2 N–H and O–H groups in total. The summed E-state index contributed by atoms with van der Waals surface area (Å²) in [6, 6.07) is 12.1. The van der Waals surface area contributed by atoms with Gasteiger partial charge >= 0.3 is 0 Å². The predicted molar refractivity (Wildman–Crippen MR) is 125 cm³/mol. The first kappa shape index (κ1) is 19.0. The minimum atomic E-state index is -0.213. The molecule has 4 aromatic rings. The fraction of sp³-hybridized carbons (Fsp3) is 0.375. The lowest BCUT2D eigenvalue weighted by molar-refractivity contribution is 0.546. The van der Waals surface area contributed by atoms with Crippen LogP contribution in [0.5, 0.6) is 0 Å². The van der Waals surface area contributed by atoms with Crippen molar-refractivity contribution in [2.75, 3.05) is 13.1 Å². The van der Waals surface area contributed by atoms with Gasteiger partial charge in [-0.3, -0.25) is 13.5 Å². The van der Waals surface area contributed by atoms with E-state index in [1.54, 1.807) is 0 Å². The number of nitrogens with one attached hydrogen (secondary N) is 2. The molecule has 2 aliphatic rings. The number of hydrogen-bond donors (Lipinski definition) is 2. The third-order valence-electron chi connectivity index (χ3n) is 6.79. The van der Waals surface area contributed by atoms with E-state index in [0.29, 0.717) is 17.0 Å². The lowest BCUT2D eigenvalue weighted by Crippen LogP contribution is -2.16. The van der Waals surface area contributed by atoms with Crippen LogP contribution in [0, 0.1) is 0 Å². The topological polar surface area (TPSA) is 79.8 Å². The van der Waals surface area contributed by atoms with E-state index in [2.05, 4.69) is 22.4 Å². The summed E-state index contributed by atoms with van der Waals surface area (Å²) >= 11 is 1.48. The van der Waals surface area contributed by atoms with E-state index in [1.165, 1.54) is 29.9 Å². The zero-order chi connectivity index (χ0) is 20.9. The highest BCUT2D eigenvalue weighted by Crippen LogP contribution is 2.35. The number of fused-ring (bicyclic) bond motifs is 2. The van der Waals surface area contributed by atoms with Crippen LogP contribution >= 0.6 is 11.5 Å². The fourth-order valence-electron chi connectivity index (χ4n) is 5.11. The van der Waals surface area contributed by atoms with Gasteiger partial charge in [0.25, 0.3) is 11.1 Å². The first-order valence-corrected chi connectivity index (χ1v) is 11.9. The average molecular weight is 433 g/mol. The van der Waals surface area contributed by atoms with Crippen LogP contribution in [-0.4, -0.2) is 27.0 Å². The van der Waals surface area contributed by atoms with Crippen molar-refractivity contribution in [1.82, 2.24) is 19.2 Å².